The first-order chi connectivity index (χ1) is 18.7. The summed E-state index contributed by atoms with van der Waals surface area (Å²) in [6.07, 6.45) is 9.85. The van der Waals surface area contributed by atoms with Gasteiger partial charge in [-0.2, -0.15) is 5.10 Å². The number of carbonyl (C=O) groups is 3. The summed E-state index contributed by atoms with van der Waals surface area (Å²) in [5.74, 6) is -0.893. The molecule has 1 saturated heterocycles. The van der Waals surface area contributed by atoms with E-state index in [-0.39, 0.29) is 6.03 Å². The zero-order chi connectivity index (χ0) is 28.5. The van der Waals surface area contributed by atoms with Crippen LogP contribution in [0.15, 0.2) is 18.3 Å². The second-order valence-corrected chi connectivity index (χ2v) is 10.1. The molecule has 0 unspecified atom stereocenters. The van der Waals surface area contributed by atoms with Crippen LogP contribution in [0.5, 0.6) is 11.5 Å². The van der Waals surface area contributed by atoms with Crippen LogP contribution >= 0.6 is 0 Å². The third-order valence-electron chi connectivity index (χ3n) is 7.53. The predicted octanol–water partition coefficient (Wildman–Crippen LogP) is 3.34. The molecule has 0 bridgehead atoms. The van der Waals surface area contributed by atoms with Crippen LogP contribution in [0.1, 0.15) is 44.9 Å². The monoisotopic (exact) mass is 545 g/mol. The van der Waals surface area contributed by atoms with Gasteiger partial charge in [0, 0.05) is 50.5 Å². The second kappa shape index (κ2) is 13.8. The maximum Gasteiger partial charge on any atom is 0.414 e. The van der Waals surface area contributed by atoms with Gasteiger partial charge in [-0.25, -0.2) is 14.4 Å². The number of aliphatic carboxylic acids is 2. The number of urea groups is 1. The molecule has 214 valence electrons. The topological polar surface area (TPSA) is 146 Å². The van der Waals surface area contributed by atoms with Crippen LogP contribution in [-0.4, -0.2) is 102 Å². The molecule has 12 nitrogen and oxygen atoms in total. The molecule has 2 N–H and O–H groups in total. The van der Waals surface area contributed by atoms with Gasteiger partial charge in [-0.15, -0.1) is 5.10 Å². The number of hydrogen-bond donors (Lipinski definition) is 2. The van der Waals surface area contributed by atoms with E-state index in [0.717, 1.165) is 61.9 Å². The molecule has 39 heavy (non-hydrogen) atoms. The van der Waals surface area contributed by atoms with Gasteiger partial charge >= 0.3 is 18.0 Å². The molecule has 0 atom stereocenters. The van der Waals surface area contributed by atoms with E-state index in [2.05, 4.69) is 15.1 Å². The summed E-state index contributed by atoms with van der Waals surface area (Å²) in [5, 5.41) is 25.5. The number of aromatic nitrogens is 2. The van der Waals surface area contributed by atoms with Gasteiger partial charge in [0.15, 0.2) is 17.3 Å². The highest BCUT2D eigenvalue weighted by molar-refractivity contribution is 6.27. The number of anilines is 1. The second-order valence-electron chi connectivity index (χ2n) is 10.1. The molecule has 0 radical (unpaired) electrons. The lowest BCUT2D eigenvalue weighted by Crippen LogP contribution is -2.47. The van der Waals surface area contributed by atoms with Crippen LogP contribution in [0.3, 0.4) is 0 Å². The van der Waals surface area contributed by atoms with Crippen molar-refractivity contribution < 1.29 is 34.1 Å². The van der Waals surface area contributed by atoms with Crippen molar-refractivity contribution in [2.75, 3.05) is 52.8 Å². The van der Waals surface area contributed by atoms with E-state index in [1.807, 2.05) is 36.0 Å². The predicted molar refractivity (Wildman–Crippen MR) is 146 cm³/mol. The molecule has 12 heteroatoms. The molecular formula is C27H39N5O7. The Balaban J connectivity index is 0.000000631. The van der Waals surface area contributed by atoms with Crippen molar-refractivity contribution in [2.24, 2.45) is 5.92 Å². The lowest BCUT2D eigenvalue weighted by molar-refractivity contribution is -0.159. The highest BCUT2D eigenvalue weighted by Crippen LogP contribution is 2.36. The van der Waals surface area contributed by atoms with Gasteiger partial charge in [0.05, 0.1) is 20.4 Å². The summed E-state index contributed by atoms with van der Waals surface area (Å²) in [4.78, 5) is 37.4. The van der Waals surface area contributed by atoms with Gasteiger partial charge in [-0.05, 0) is 43.7 Å². The van der Waals surface area contributed by atoms with Crippen molar-refractivity contribution >= 4 is 34.6 Å². The van der Waals surface area contributed by atoms with E-state index in [1.165, 1.54) is 19.3 Å². The number of methoxy groups -OCH3 is 2. The van der Waals surface area contributed by atoms with Crippen LogP contribution < -0.4 is 14.4 Å². The molecule has 1 aliphatic carbocycles. The number of piperidine rings is 1. The first-order valence-electron chi connectivity index (χ1n) is 13.2. The van der Waals surface area contributed by atoms with Gasteiger partial charge in [-0.1, -0.05) is 19.3 Å². The number of amides is 2. The summed E-state index contributed by atoms with van der Waals surface area (Å²) >= 11 is 0. The fourth-order valence-corrected chi connectivity index (χ4v) is 5.31. The minimum Gasteiger partial charge on any atom is -0.493 e. The van der Waals surface area contributed by atoms with E-state index in [0.29, 0.717) is 23.5 Å². The Hall–Kier alpha value is -3.83. The number of fused-ring (bicyclic) bond motifs is 1. The van der Waals surface area contributed by atoms with Gasteiger partial charge in [-0.3, -0.25) is 0 Å². The van der Waals surface area contributed by atoms with Gasteiger partial charge in [0.2, 0.25) is 0 Å². The zero-order valence-electron chi connectivity index (χ0n) is 23.1. The lowest BCUT2D eigenvalue weighted by Gasteiger charge is -2.37. The number of ether oxygens (including phenoxy) is 2. The normalized spacial score (nSPS) is 16.2. The SMILES string of the molecule is COc1cc2cnnc(N3CCC(CN(C)C(=O)N(C)C4CCCCC4)CC3)c2cc1OC.O=C(O)C(=O)O. The number of carbonyl (C=O) groups excluding carboxylic acids is 1. The fourth-order valence-electron chi connectivity index (χ4n) is 5.31. The van der Waals surface area contributed by atoms with E-state index < -0.39 is 11.9 Å². The van der Waals surface area contributed by atoms with E-state index >= 15 is 0 Å². The summed E-state index contributed by atoms with van der Waals surface area (Å²) in [7, 11) is 7.20. The molecule has 0 spiro atoms. The highest BCUT2D eigenvalue weighted by atomic mass is 16.5. The molecular weight excluding hydrogens is 506 g/mol. The van der Waals surface area contributed by atoms with Crippen molar-refractivity contribution in [3.63, 3.8) is 0 Å². The van der Waals surface area contributed by atoms with Crippen molar-refractivity contribution in [3.8, 4) is 11.5 Å². The standard InChI is InChI=1S/C25H37N5O3.C2H2O4/c1-28(25(31)29(2)20-8-6-5-7-9-20)17-18-10-12-30(13-11-18)24-21-15-23(33-4)22(32-3)14-19(21)16-26-27-24;3-1(4)2(5)6/h14-16,18,20H,5-13,17H2,1-4H3;(H,3,4)(H,5,6). The molecule has 2 fully saturated rings. The minimum absolute atomic E-state index is 0.158. The minimum atomic E-state index is -1.82. The van der Waals surface area contributed by atoms with Crippen LogP contribution in [0.2, 0.25) is 0 Å². The van der Waals surface area contributed by atoms with E-state index in [4.69, 9.17) is 29.3 Å². The Kier molecular flexibility index (Phi) is 10.5. The number of rotatable bonds is 6. The Bertz CT molecular complexity index is 1130. The first kappa shape index (κ1) is 29.7. The third-order valence-corrected chi connectivity index (χ3v) is 7.53. The van der Waals surface area contributed by atoms with Gasteiger partial charge < -0.3 is 34.4 Å². The van der Waals surface area contributed by atoms with E-state index in [1.54, 1.807) is 20.4 Å². The zero-order valence-corrected chi connectivity index (χ0v) is 23.1. The van der Waals surface area contributed by atoms with E-state index in [9.17, 15) is 4.79 Å². The Morgan fingerprint density at radius 3 is 2.10 bits per heavy atom. The molecule has 2 heterocycles. The van der Waals surface area contributed by atoms with Crippen molar-refractivity contribution in [2.45, 2.75) is 51.0 Å². The maximum absolute atomic E-state index is 13.0. The highest BCUT2D eigenvalue weighted by Gasteiger charge is 2.28. The summed E-state index contributed by atoms with van der Waals surface area (Å²) in [6.45, 7) is 2.59. The molecule has 4 rings (SSSR count). The maximum atomic E-state index is 13.0. The largest absolute Gasteiger partial charge is 0.493 e. The van der Waals surface area contributed by atoms with Crippen LogP contribution in [0.25, 0.3) is 10.8 Å². The summed E-state index contributed by atoms with van der Waals surface area (Å²) in [5.41, 5.74) is 0. The van der Waals surface area contributed by atoms with Gasteiger partial charge in [0.25, 0.3) is 0 Å². The number of benzene rings is 1. The number of carboxylic acids is 2. The fraction of sp³-hybridized carbons (Fsp3) is 0.593. The van der Waals surface area contributed by atoms with Crippen LogP contribution in [-0.2, 0) is 9.59 Å². The summed E-state index contributed by atoms with van der Waals surface area (Å²) in [6, 6.07) is 4.49. The quantitative estimate of drug-likeness (QED) is 0.518. The van der Waals surface area contributed by atoms with Crippen molar-refractivity contribution in [3.05, 3.63) is 18.3 Å². The third kappa shape index (κ3) is 7.61. The summed E-state index contributed by atoms with van der Waals surface area (Å²) < 4.78 is 10.9. The van der Waals surface area contributed by atoms with Crippen LogP contribution in [0.4, 0.5) is 10.6 Å². The smallest absolute Gasteiger partial charge is 0.414 e. The number of carboxylic acid groups (broad SMARTS) is 2. The molecule has 2 amide bonds. The van der Waals surface area contributed by atoms with Crippen molar-refractivity contribution in [1.82, 2.24) is 20.0 Å². The molecule has 1 aliphatic heterocycles. The molecule has 1 aromatic heterocycles. The molecule has 1 aromatic carbocycles. The number of hydrogen-bond acceptors (Lipinski definition) is 8. The Labute approximate surface area is 228 Å². The molecule has 1 saturated carbocycles. The van der Waals surface area contributed by atoms with Gasteiger partial charge in [0.1, 0.15) is 0 Å². The number of nitrogens with zero attached hydrogens (tertiary/aromatic N) is 5. The molecule has 2 aliphatic rings. The Morgan fingerprint density at radius 1 is 0.949 bits per heavy atom. The Morgan fingerprint density at radius 2 is 1.54 bits per heavy atom. The average Bonchev–Trinajstić information content (AvgIpc) is 2.96. The first-order valence-corrected chi connectivity index (χ1v) is 13.2. The lowest BCUT2D eigenvalue weighted by atomic mass is 9.94. The van der Waals surface area contributed by atoms with Crippen LogP contribution in [0, 0.1) is 5.92 Å². The average molecular weight is 546 g/mol. The van der Waals surface area contributed by atoms with Crippen molar-refractivity contribution in [1.29, 1.82) is 0 Å². The molecule has 2 aromatic rings.